The molecule has 1 aliphatic rings. The maximum absolute atomic E-state index is 11.4. The van der Waals surface area contributed by atoms with Gasteiger partial charge in [0, 0.05) is 30.6 Å². The van der Waals surface area contributed by atoms with E-state index in [4.69, 9.17) is 19.2 Å². The van der Waals surface area contributed by atoms with Crippen molar-refractivity contribution < 1.29 is 19.0 Å². The molecule has 144 valence electrons. The van der Waals surface area contributed by atoms with E-state index in [1.165, 1.54) is 0 Å². The fourth-order valence-electron chi connectivity index (χ4n) is 3.36. The van der Waals surface area contributed by atoms with Gasteiger partial charge >= 0.3 is 0 Å². The number of carbonyl (C=O) groups is 1. The Balaban J connectivity index is 1.75. The fourth-order valence-corrected chi connectivity index (χ4v) is 3.36. The number of hydrogen-bond acceptors (Lipinski definition) is 6. The highest BCUT2D eigenvalue weighted by molar-refractivity contribution is 5.88. The lowest BCUT2D eigenvalue weighted by molar-refractivity contribution is -0.119. The fraction of sp³-hybridized carbons (Fsp3) is 0.286. The number of benzene rings is 1. The highest BCUT2D eigenvalue weighted by atomic mass is 16.5. The molecule has 4 rings (SSSR count). The molecule has 0 spiro atoms. The average molecular weight is 379 g/mol. The summed E-state index contributed by atoms with van der Waals surface area (Å²) in [4.78, 5) is 20.6. The minimum absolute atomic E-state index is 0.0583. The Bertz CT molecular complexity index is 1020. The van der Waals surface area contributed by atoms with Crippen LogP contribution in [0.15, 0.2) is 42.6 Å². The van der Waals surface area contributed by atoms with E-state index in [2.05, 4.69) is 10.3 Å². The smallest absolute Gasteiger partial charge is 0.223 e. The zero-order chi connectivity index (χ0) is 19.5. The number of hydrogen-bond donors (Lipinski definition) is 1. The van der Waals surface area contributed by atoms with Gasteiger partial charge in [-0.05, 0) is 30.3 Å². The third-order valence-corrected chi connectivity index (χ3v) is 4.76. The van der Waals surface area contributed by atoms with Crippen LogP contribution in [0.5, 0.6) is 17.4 Å². The number of carbonyl (C=O) groups excluding carboxylic acids is 1. The van der Waals surface area contributed by atoms with E-state index >= 15 is 0 Å². The van der Waals surface area contributed by atoms with Crippen molar-refractivity contribution in [2.45, 2.75) is 6.42 Å². The van der Waals surface area contributed by atoms with Crippen LogP contribution in [0.3, 0.4) is 0 Å². The van der Waals surface area contributed by atoms with E-state index in [0.29, 0.717) is 42.6 Å². The molecule has 3 aromatic rings. The van der Waals surface area contributed by atoms with Gasteiger partial charge < -0.3 is 19.5 Å². The van der Waals surface area contributed by atoms with Gasteiger partial charge in [0.25, 0.3) is 0 Å². The highest BCUT2D eigenvalue weighted by Crippen LogP contribution is 2.39. The second-order valence-electron chi connectivity index (χ2n) is 6.61. The Morgan fingerprint density at radius 1 is 1.18 bits per heavy atom. The van der Waals surface area contributed by atoms with E-state index in [9.17, 15) is 4.79 Å². The van der Waals surface area contributed by atoms with Crippen LogP contribution in [0, 0.1) is 5.92 Å². The summed E-state index contributed by atoms with van der Waals surface area (Å²) in [6, 6.07) is 11.3. The molecule has 1 amide bonds. The summed E-state index contributed by atoms with van der Waals surface area (Å²) in [5.41, 5.74) is 2.24. The van der Waals surface area contributed by atoms with Crippen LogP contribution in [-0.2, 0) is 4.79 Å². The predicted octanol–water partition coefficient (Wildman–Crippen LogP) is 2.83. The maximum Gasteiger partial charge on any atom is 0.223 e. The molecule has 1 aromatic carbocycles. The van der Waals surface area contributed by atoms with Gasteiger partial charge in [-0.3, -0.25) is 9.78 Å². The normalized spacial score (nSPS) is 16.1. The van der Waals surface area contributed by atoms with Crippen molar-refractivity contribution in [3.63, 3.8) is 0 Å². The zero-order valence-electron chi connectivity index (χ0n) is 15.8. The molecule has 1 N–H and O–H groups in total. The second kappa shape index (κ2) is 7.72. The molecule has 1 atom stereocenters. The Morgan fingerprint density at radius 2 is 2.07 bits per heavy atom. The zero-order valence-corrected chi connectivity index (χ0v) is 15.8. The molecule has 2 aromatic heterocycles. The second-order valence-corrected chi connectivity index (χ2v) is 6.61. The van der Waals surface area contributed by atoms with Crippen LogP contribution in [0.4, 0.5) is 0 Å². The van der Waals surface area contributed by atoms with Crippen molar-refractivity contribution in [2.24, 2.45) is 5.92 Å². The van der Waals surface area contributed by atoms with Crippen LogP contribution < -0.4 is 19.5 Å². The molecule has 0 radical (unpaired) electrons. The lowest BCUT2D eigenvalue weighted by Gasteiger charge is -2.15. The van der Waals surface area contributed by atoms with Crippen molar-refractivity contribution in [3.8, 4) is 28.6 Å². The molecule has 1 fully saturated rings. The SMILES string of the molecule is COc1cccc(-c2cc3ncccc3c(OCC3CNC(=O)C3)n2)c1OC. The first-order chi connectivity index (χ1) is 13.7. The number of fused-ring (bicyclic) bond motifs is 1. The Labute approximate surface area is 162 Å². The molecular formula is C21H21N3O4. The number of pyridine rings is 2. The molecule has 3 heterocycles. The lowest BCUT2D eigenvalue weighted by Crippen LogP contribution is -2.17. The van der Waals surface area contributed by atoms with Crippen LogP contribution in [0.1, 0.15) is 6.42 Å². The quantitative estimate of drug-likeness (QED) is 0.709. The summed E-state index contributed by atoms with van der Waals surface area (Å²) < 4.78 is 17.0. The first-order valence-corrected chi connectivity index (χ1v) is 9.06. The predicted molar refractivity (Wildman–Crippen MR) is 105 cm³/mol. The van der Waals surface area contributed by atoms with Crippen molar-refractivity contribution in [1.82, 2.24) is 15.3 Å². The van der Waals surface area contributed by atoms with E-state index in [1.807, 2.05) is 36.4 Å². The van der Waals surface area contributed by atoms with Gasteiger partial charge in [0.15, 0.2) is 11.5 Å². The summed E-state index contributed by atoms with van der Waals surface area (Å²) in [5.74, 6) is 1.91. The Kier molecular flexibility index (Phi) is 4.97. The number of amides is 1. The van der Waals surface area contributed by atoms with Crippen molar-refractivity contribution in [1.29, 1.82) is 0 Å². The number of aromatic nitrogens is 2. The van der Waals surface area contributed by atoms with Gasteiger partial charge in [-0.15, -0.1) is 0 Å². The van der Waals surface area contributed by atoms with Crippen molar-refractivity contribution in [3.05, 3.63) is 42.6 Å². The number of ether oxygens (including phenoxy) is 3. The molecule has 7 nitrogen and oxygen atoms in total. The minimum Gasteiger partial charge on any atom is -0.493 e. The van der Waals surface area contributed by atoms with E-state index in [1.54, 1.807) is 20.4 Å². The topological polar surface area (TPSA) is 82.6 Å². The molecule has 1 aliphatic heterocycles. The standard InChI is InChI=1S/C21H21N3O4/c1-26-18-7-3-5-14(20(18)27-2)17-10-16-15(6-4-8-22-16)21(24-17)28-12-13-9-19(25)23-11-13/h3-8,10,13H,9,11-12H2,1-2H3,(H,23,25). The number of nitrogens with zero attached hydrogens (tertiary/aromatic N) is 2. The Morgan fingerprint density at radius 3 is 2.82 bits per heavy atom. The molecule has 0 aliphatic carbocycles. The van der Waals surface area contributed by atoms with E-state index < -0.39 is 0 Å². The van der Waals surface area contributed by atoms with Gasteiger partial charge in [0.2, 0.25) is 11.8 Å². The van der Waals surface area contributed by atoms with Crippen LogP contribution >= 0.6 is 0 Å². The Hall–Kier alpha value is -3.35. The van der Waals surface area contributed by atoms with Crippen molar-refractivity contribution >= 4 is 16.8 Å². The van der Waals surface area contributed by atoms with Gasteiger partial charge in [-0.1, -0.05) is 6.07 Å². The molecule has 1 unspecified atom stereocenters. The van der Waals surface area contributed by atoms with Crippen LogP contribution in [-0.4, -0.2) is 43.2 Å². The summed E-state index contributed by atoms with van der Waals surface area (Å²) in [6.07, 6.45) is 2.21. The molecule has 0 bridgehead atoms. The monoisotopic (exact) mass is 379 g/mol. The summed E-state index contributed by atoms with van der Waals surface area (Å²) >= 11 is 0. The summed E-state index contributed by atoms with van der Waals surface area (Å²) in [7, 11) is 3.20. The first kappa shape index (κ1) is 18.0. The first-order valence-electron chi connectivity index (χ1n) is 9.06. The van der Waals surface area contributed by atoms with E-state index in [-0.39, 0.29) is 11.8 Å². The van der Waals surface area contributed by atoms with Gasteiger partial charge in [-0.2, -0.15) is 0 Å². The molecule has 0 saturated carbocycles. The third-order valence-electron chi connectivity index (χ3n) is 4.76. The number of nitrogens with one attached hydrogen (secondary N) is 1. The molecule has 1 saturated heterocycles. The number of methoxy groups -OCH3 is 2. The van der Waals surface area contributed by atoms with Crippen LogP contribution in [0.2, 0.25) is 0 Å². The van der Waals surface area contributed by atoms with E-state index in [0.717, 1.165) is 16.5 Å². The summed E-state index contributed by atoms with van der Waals surface area (Å²) in [5, 5.41) is 3.65. The number of rotatable bonds is 6. The maximum atomic E-state index is 11.4. The lowest BCUT2D eigenvalue weighted by atomic mass is 10.1. The molecular weight excluding hydrogens is 358 g/mol. The average Bonchev–Trinajstić information content (AvgIpc) is 3.16. The summed E-state index contributed by atoms with van der Waals surface area (Å²) in [6.45, 7) is 1.03. The molecule has 28 heavy (non-hydrogen) atoms. The highest BCUT2D eigenvalue weighted by Gasteiger charge is 2.23. The van der Waals surface area contributed by atoms with Gasteiger partial charge in [0.1, 0.15) is 0 Å². The molecule has 7 heteroatoms. The minimum atomic E-state index is 0.0583. The van der Waals surface area contributed by atoms with Gasteiger partial charge in [-0.25, -0.2) is 4.98 Å². The number of para-hydroxylation sites is 1. The van der Waals surface area contributed by atoms with Crippen LogP contribution in [0.25, 0.3) is 22.2 Å². The third kappa shape index (κ3) is 3.43. The van der Waals surface area contributed by atoms with Gasteiger partial charge in [0.05, 0.1) is 37.4 Å². The van der Waals surface area contributed by atoms with Crippen molar-refractivity contribution in [2.75, 3.05) is 27.4 Å². The largest absolute Gasteiger partial charge is 0.493 e.